The standard InChI is InChI=1S/C30H29ClN6O3S/c1-3-27(38)33-22-8-5-7-21(16-22)24-14-20(18-37-10-12-40-13-11-37)15-26(34-24)35-30-32-17-25(41-30)29(39)36-28-19(2)6-4-9-23(28)31/h3-9,14-17H,1,10-13,18H2,2H3,(H,33,38)(H,36,39)(H,32,34,35). The number of aryl methyl sites for hydroxylation is 1. The van der Waals surface area contributed by atoms with Crippen LogP contribution in [0.4, 0.5) is 22.3 Å². The number of ether oxygens (including phenoxy) is 1. The van der Waals surface area contributed by atoms with Crippen molar-refractivity contribution in [3.63, 3.8) is 0 Å². The number of para-hydroxylation sites is 1. The Morgan fingerprint density at radius 3 is 2.71 bits per heavy atom. The normalized spacial score (nSPS) is 13.4. The topological polar surface area (TPSA) is 108 Å². The van der Waals surface area contributed by atoms with Gasteiger partial charge in [0.15, 0.2) is 5.13 Å². The van der Waals surface area contributed by atoms with Crippen LogP contribution in [0.2, 0.25) is 5.02 Å². The van der Waals surface area contributed by atoms with Crippen molar-refractivity contribution in [2.24, 2.45) is 0 Å². The van der Waals surface area contributed by atoms with Gasteiger partial charge < -0.3 is 20.7 Å². The molecule has 11 heteroatoms. The molecular weight excluding hydrogens is 560 g/mol. The summed E-state index contributed by atoms with van der Waals surface area (Å²) in [6.45, 7) is 9.22. The van der Waals surface area contributed by atoms with Gasteiger partial charge in [-0.2, -0.15) is 0 Å². The van der Waals surface area contributed by atoms with Crippen LogP contribution in [-0.2, 0) is 16.1 Å². The van der Waals surface area contributed by atoms with Gasteiger partial charge in [-0.05, 0) is 54.5 Å². The highest BCUT2D eigenvalue weighted by Gasteiger charge is 2.16. The number of amides is 2. The Balaban J connectivity index is 1.40. The summed E-state index contributed by atoms with van der Waals surface area (Å²) in [5, 5.41) is 9.96. The van der Waals surface area contributed by atoms with Crippen LogP contribution in [0, 0.1) is 6.92 Å². The summed E-state index contributed by atoms with van der Waals surface area (Å²) in [5.41, 5.74) is 4.73. The number of carbonyl (C=O) groups excluding carboxylic acids is 2. The lowest BCUT2D eigenvalue weighted by molar-refractivity contribution is -0.111. The molecule has 0 radical (unpaired) electrons. The second-order valence-corrected chi connectivity index (χ2v) is 10.9. The highest BCUT2D eigenvalue weighted by Crippen LogP contribution is 2.30. The van der Waals surface area contributed by atoms with E-state index in [0.29, 0.717) is 45.4 Å². The minimum absolute atomic E-state index is 0.285. The molecule has 0 atom stereocenters. The average Bonchev–Trinajstić information content (AvgIpc) is 3.44. The molecule has 3 heterocycles. The molecule has 1 fully saturated rings. The summed E-state index contributed by atoms with van der Waals surface area (Å²) < 4.78 is 5.50. The molecule has 2 amide bonds. The molecule has 3 N–H and O–H groups in total. The fourth-order valence-corrected chi connectivity index (χ4v) is 5.36. The first-order valence-electron chi connectivity index (χ1n) is 13.0. The summed E-state index contributed by atoms with van der Waals surface area (Å²) in [7, 11) is 0. The number of nitrogens with one attached hydrogen (secondary N) is 3. The van der Waals surface area contributed by atoms with Gasteiger partial charge in [0.1, 0.15) is 10.7 Å². The van der Waals surface area contributed by atoms with Crippen LogP contribution in [-0.4, -0.2) is 53.0 Å². The van der Waals surface area contributed by atoms with Crippen molar-refractivity contribution in [1.82, 2.24) is 14.9 Å². The summed E-state index contributed by atoms with van der Waals surface area (Å²) in [5.74, 6) is 0.0150. The predicted octanol–water partition coefficient (Wildman–Crippen LogP) is 6.12. The molecule has 1 saturated heterocycles. The van der Waals surface area contributed by atoms with E-state index in [1.807, 2.05) is 55.5 Å². The molecule has 9 nitrogen and oxygen atoms in total. The third-order valence-electron chi connectivity index (χ3n) is 6.43. The van der Waals surface area contributed by atoms with Crippen molar-refractivity contribution in [2.75, 3.05) is 42.3 Å². The molecule has 1 aliphatic heterocycles. The van der Waals surface area contributed by atoms with Gasteiger partial charge >= 0.3 is 0 Å². The van der Waals surface area contributed by atoms with Gasteiger partial charge in [-0.15, -0.1) is 0 Å². The van der Waals surface area contributed by atoms with Crippen molar-refractivity contribution >= 4 is 57.1 Å². The number of hydrogen-bond acceptors (Lipinski definition) is 8. The van der Waals surface area contributed by atoms with E-state index in [-0.39, 0.29) is 11.8 Å². The number of aromatic nitrogens is 2. The lowest BCUT2D eigenvalue weighted by Crippen LogP contribution is -2.35. The highest BCUT2D eigenvalue weighted by atomic mass is 35.5. The van der Waals surface area contributed by atoms with Crippen LogP contribution in [0.15, 0.2) is 73.4 Å². The van der Waals surface area contributed by atoms with E-state index in [4.69, 9.17) is 21.3 Å². The first kappa shape index (κ1) is 28.4. The molecule has 0 saturated carbocycles. The molecule has 41 heavy (non-hydrogen) atoms. The van der Waals surface area contributed by atoms with Crippen LogP contribution >= 0.6 is 22.9 Å². The number of morpholine rings is 1. The van der Waals surface area contributed by atoms with E-state index in [9.17, 15) is 9.59 Å². The number of halogens is 1. The molecule has 2 aromatic carbocycles. The van der Waals surface area contributed by atoms with E-state index in [1.54, 1.807) is 6.07 Å². The first-order valence-corrected chi connectivity index (χ1v) is 14.2. The molecular formula is C30H29ClN6O3S. The maximum Gasteiger partial charge on any atom is 0.267 e. The fraction of sp³-hybridized carbons (Fsp3) is 0.200. The molecule has 5 rings (SSSR count). The first-order chi connectivity index (χ1) is 19.9. The third kappa shape index (κ3) is 7.36. The van der Waals surface area contributed by atoms with Crippen molar-refractivity contribution in [3.8, 4) is 11.3 Å². The second-order valence-electron chi connectivity index (χ2n) is 9.45. The lowest BCUT2D eigenvalue weighted by atomic mass is 10.1. The largest absolute Gasteiger partial charge is 0.379 e. The minimum atomic E-state index is -0.292. The Morgan fingerprint density at radius 2 is 1.93 bits per heavy atom. The minimum Gasteiger partial charge on any atom is -0.379 e. The zero-order chi connectivity index (χ0) is 28.8. The van der Waals surface area contributed by atoms with Crippen molar-refractivity contribution in [2.45, 2.75) is 13.5 Å². The molecule has 2 aromatic heterocycles. The second kappa shape index (κ2) is 13.0. The number of anilines is 4. The van der Waals surface area contributed by atoms with Crippen LogP contribution in [0.1, 0.15) is 20.8 Å². The van der Waals surface area contributed by atoms with Gasteiger partial charge in [-0.25, -0.2) is 9.97 Å². The van der Waals surface area contributed by atoms with Crippen molar-refractivity contribution < 1.29 is 14.3 Å². The molecule has 0 spiro atoms. The van der Waals surface area contributed by atoms with E-state index in [1.165, 1.54) is 23.6 Å². The van der Waals surface area contributed by atoms with E-state index in [0.717, 1.165) is 42.0 Å². The summed E-state index contributed by atoms with van der Waals surface area (Å²) >= 11 is 7.50. The number of nitrogens with zero attached hydrogens (tertiary/aromatic N) is 3. The Kier molecular flexibility index (Phi) is 9.05. The number of carbonyl (C=O) groups is 2. The van der Waals surface area contributed by atoms with Gasteiger partial charge in [-0.1, -0.05) is 53.8 Å². The number of rotatable bonds is 9. The number of thiazole rings is 1. The van der Waals surface area contributed by atoms with Gasteiger partial charge in [0.25, 0.3) is 5.91 Å². The molecule has 0 aliphatic carbocycles. The van der Waals surface area contributed by atoms with Crippen LogP contribution in [0.25, 0.3) is 11.3 Å². The number of hydrogen-bond donors (Lipinski definition) is 3. The van der Waals surface area contributed by atoms with Gasteiger partial charge in [0, 0.05) is 30.9 Å². The van der Waals surface area contributed by atoms with Gasteiger partial charge in [0.05, 0.1) is 35.8 Å². The quantitative estimate of drug-likeness (QED) is 0.202. The van der Waals surface area contributed by atoms with Gasteiger partial charge in [0.2, 0.25) is 5.91 Å². The molecule has 210 valence electrons. The van der Waals surface area contributed by atoms with Crippen LogP contribution in [0.3, 0.4) is 0 Å². The predicted molar refractivity (Wildman–Crippen MR) is 164 cm³/mol. The van der Waals surface area contributed by atoms with Crippen LogP contribution in [0.5, 0.6) is 0 Å². The van der Waals surface area contributed by atoms with Gasteiger partial charge in [-0.3, -0.25) is 14.5 Å². The molecule has 0 bridgehead atoms. The highest BCUT2D eigenvalue weighted by molar-refractivity contribution is 7.17. The monoisotopic (exact) mass is 588 g/mol. The molecule has 4 aromatic rings. The number of pyridine rings is 1. The van der Waals surface area contributed by atoms with Crippen molar-refractivity contribution in [1.29, 1.82) is 0 Å². The average molecular weight is 589 g/mol. The Morgan fingerprint density at radius 1 is 1.12 bits per heavy atom. The Labute approximate surface area is 247 Å². The fourth-order valence-electron chi connectivity index (χ4n) is 4.37. The summed E-state index contributed by atoms with van der Waals surface area (Å²) in [6, 6.07) is 17.0. The zero-order valence-electron chi connectivity index (χ0n) is 22.4. The molecule has 1 aliphatic rings. The summed E-state index contributed by atoms with van der Waals surface area (Å²) in [4.78, 5) is 36.8. The SMILES string of the molecule is C=CC(=O)Nc1cccc(-c2cc(CN3CCOCC3)cc(Nc3ncc(C(=O)Nc4c(C)cccc4Cl)s3)n2)c1. The van der Waals surface area contributed by atoms with Crippen molar-refractivity contribution in [3.05, 3.63) is 94.5 Å². The maximum atomic E-state index is 12.9. The van der Waals surface area contributed by atoms with E-state index in [2.05, 4.69) is 32.4 Å². The third-order valence-corrected chi connectivity index (χ3v) is 7.66. The summed E-state index contributed by atoms with van der Waals surface area (Å²) in [6.07, 6.45) is 2.76. The number of benzene rings is 2. The lowest BCUT2D eigenvalue weighted by Gasteiger charge is -2.26. The Hall–Kier alpha value is -4.09. The van der Waals surface area contributed by atoms with Crippen LogP contribution < -0.4 is 16.0 Å². The Bertz CT molecular complexity index is 1560. The smallest absolute Gasteiger partial charge is 0.267 e. The zero-order valence-corrected chi connectivity index (χ0v) is 24.0. The molecule has 0 unspecified atom stereocenters. The maximum absolute atomic E-state index is 12.9. The van der Waals surface area contributed by atoms with E-state index < -0.39 is 0 Å². The van der Waals surface area contributed by atoms with E-state index >= 15 is 0 Å².